The lowest BCUT2D eigenvalue weighted by Gasteiger charge is -2.53. The van der Waals surface area contributed by atoms with Crippen LogP contribution in [0.25, 0.3) is 17.0 Å². The second-order valence-corrected chi connectivity index (χ2v) is 10.8. The summed E-state index contributed by atoms with van der Waals surface area (Å²) in [5, 5.41) is 6.33. The minimum Gasteiger partial charge on any atom is -0.324 e. The van der Waals surface area contributed by atoms with Crippen molar-refractivity contribution in [1.29, 1.82) is 0 Å². The molecule has 3 N–H and O–H groups in total. The van der Waals surface area contributed by atoms with Crippen LogP contribution in [0, 0.1) is 5.92 Å². The van der Waals surface area contributed by atoms with Gasteiger partial charge in [-0.05, 0) is 31.0 Å². The number of rotatable bonds is 5. The molecule has 0 saturated carbocycles. The van der Waals surface area contributed by atoms with Crippen LogP contribution in [0.15, 0.2) is 66.1 Å². The maximum atomic E-state index is 6.01. The summed E-state index contributed by atoms with van der Waals surface area (Å²) < 4.78 is 0.706. The zero-order valence-corrected chi connectivity index (χ0v) is 21.1. The third kappa shape index (κ3) is 3.49. The lowest BCUT2D eigenvalue weighted by molar-refractivity contribution is -0.951. The molecule has 182 valence electrons. The van der Waals surface area contributed by atoms with E-state index in [1.165, 1.54) is 12.1 Å². The molecule has 2 saturated heterocycles. The molecule has 4 aliphatic rings. The van der Waals surface area contributed by atoms with Crippen LogP contribution in [0.1, 0.15) is 44.4 Å². The lowest BCUT2D eigenvalue weighted by Crippen LogP contribution is -2.73. The Hall–Kier alpha value is -2.84. The number of hydrogen-bond donors (Lipinski definition) is 2. The van der Waals surface area contributed by atoms with Crippen molar-refractivity contribution in [2.45, 2.75) is 51.5 Å². The van der Waals surface area contributed by atoms with Crippen LogP contribution in [-0.4, -0.2) is 63.7 Å². The summed E-state index contributed by atoms with van der Waals surface area (Å²) >= 11 is 0. The zero-order valence-electron chi connectivity index (χ0n) is 21.1. The minimum atomic E-state index is 0.0348. The Kier molecular flexibility index (Phi) is 5.41. The van der Waals surface area contributed by atoms with Gasteiger partial charge in [-0.15, -0.1) is 9.60 Å². The number of benzene rings is 1. The standard InChI is InChI=1S/C28H36N7/c1-18(2)28-33(4)26(14-27-30-11-12-35(27,28)34-17-23-13-24(34)16-31-23)22-9-10-25(32-15-22)21-7-5-20(6-8-21)19(3)29/h5-12,14-15,18-19,23-24,28,31H,13,16-17,29H2,1-4H3/q+1/t19?,23-,24-,28?,35+/m0/s1. The maximum absolute atomic E-state index is 6.01. The Morgan fingerprint density at radius 1 is 1.09 bits per heavy atom. The fraction of sp³-hybridized carbons (Fsp3) is 0.429. The maximum Gasteiger partial charge on any atom is 0.256 e. The Morgan fingerprint density at radius 3 is 2.46 bits per heavy atom. The second kappa shape index (κ2) is 8.38. The number of aromatic nitrogens is 1. The molecule has 2 bridgehead atoms. The van der Waals surface area contributed by atoms with Crippen molar-refractivity contribution in [3.63, 3.8) is 0 Å². The van der Waals surface area contributed by atoms with Crippen molar-refractivity contribution in [2.24, 2.45) is 16.6 Å². The molecule has 2 aromatic rings. The first-order valence-electron chi connectivity index (χ1n) is 12.8. The molecule has 2 fully saturated rings. The molecule has 0 radical (unpaired) electrons. The average molecular weight is 471 g/mol. The Bertz CT molecular complexity index is 1190. The van der Waals surface area contributed by atoms with E-state index in [-0.39, 0.29) is 12.2 Å². The van der Waals surface area contributed by atoms with Gasteiger partial charge in [0.25, 0.3) is 5.84 Å². The second-order valence-electron chi connectivity index (χ2n) is 10.8. The smallest absolute Gasteiger partial charge is 0.256 e. The first kappa shape index (κ1) is 22.6. The van der Waals surface area contributed by atoms with Gasteiger partial charge in [0.15, 0.2) is 6.17 Å². The number of pyridine rings is 1. The van der Waals surface area contributed by atoms with Gasteiger partial charge in [-0.2, -0.15) is 4.99 Å². The number of aliphatic imine (C=N–C) groups is 1. The van der Waals surface area contributed by atoms with Crippen LogP contribution in [0.5, 0.6) is 0 Å². The normalized spacial score (nSPS) is 30.6. The summed E-state index contributed by atoms with van der Waals surface area (Å²) in [6.07, 6.45) is 10.0. The number of nitrogens with two attached hydrogens (primary N) is 1. The van der Waals surface area contributed by atoms with Crippen LogP contribution in [0.3, 0.4) is 0 Å². The van der Waals surface area contributed by atoms with Crippen molar-refractivity contribution >= 4 is 11.5 Å². The quantitative estimate of drug-likeness (QED) is 0.652. The van der Waals surface area contributed by atoms with E-state index in [0.29, 0.717) is 22.6 Å². The van der Waals surface area contributed by atoms with Gasteiger partial charge in [0.05, 0.1) is 30.2 Å². The van der Waals surface area contributed by atoms with Gasteiger partial charge in [-0.25, -0.2) is 0 Å². The zero-order chi connectivity index (χ0) is 24.3. The predicted octanol–water partition coefficient (Wildman–Crippen LogP) is 3.70. The summed E-state index contributed by atoms with van der Waals surface area (Å²) in [6.45, 7) is 8.78. The van der Waals surface area contributed by atoms with Gasteiger partial charge in [0, 0.05) is 55.0 Å². The van der Waals surface area contributed by atoms with Gasteiger partial charge in [0.2, 0.25) is 0 Å². The molecule has 1 aromatic carbocycles. The van der Waals surface area contributed by atoms with E-state index in [1.807, 2.05) is 19.3 Å². The summed E-state index contributed by atoms with van der Waals surface area (Å²) in [5.41, 5.74) is 11.5. The fourth-order valence-corrected chi connectivity index (χ4v) is 6.55. The molecule has 7 nitrogen and oxygen atoms in total. The number of quaternary nitrogens is 1. The third-order valence-electron chi connectivity index (χ3n) is 8.15. The number of hydrogen-bond acceptors (Lipinski definition) is 6. The molecule has 35 heavy (non-hydrogen) atoms. The summed E-state index contributed by atoms with van der Waals surface area (Å²) in [7, 11) is 2.23. The van der Waals surface area contributed by atoms with E-state index in [9.17, 15) is 0 Å². The topological polar surface area (TPSA) is 69.8 Å². The third-order valence-corrected chi connectivity index (χ3v) is 8.15. The molecule has 1 aromatic heterocycles. The Balaban J connectivity index is 1.34. The molecule has 2 unspecified atom stereocenters. The van der Waals surface area contributed by atoms with Crippen molar-refractivity contribution in [1.82, 2.24) is 20.2 Å². The highest BCUT2D eigenvalue weighted by molar-refractivity contribution is 5.97. The SMILES string of the molecule is CC(N)c1ccc(-c2ccc(C3=CC4=NC=C[N@+]4(N4C[C@@H]5C[C@H]4CN5)C(C(C)C)N3C)cn2)cc1. The van der Waals surface area contributed by atoms with Crippen molar-refractivity contribution in [3.8, 4) is 11.3 Å². The molecule has 5 atom stereocenters. The van der Waals surface area contributed by atoms with Crippen LogP contribution in [0.4, 0.5) is 0 Å². The molecule has 4 aliphatic heterocycles. The highest BCUT2D eigenvalue weighted by atomic mass is 15.8. The van der Waals surface area contributed by atoms with E-state index in [2.05, 4.69) is 84.8 Å². The predicted molar refractivity (Wildman–Crippen MR) is 140 cm³/mol. The van der Waals surface area contributed by atoms with Crippen molar-refractivity contribution in [2.75, 3.05) is 20.1 Å². The largest absolute Gasteiger partial charge is 0.324 e. The summed E-state index contributed by atoms with van der Waals surface area (Å²) in [6, 6.07) is 13.9. The van der Waals surface area contributed by atoms with Crippen molar-refractivity contribution < 1.29 is 4.59 Å². The van der Waals surface area contributed by atoms with Gasteiger partial charge in [-0.3, -0.25) is 4.98 Å². The monoisotopic (exact) mass is 470 g/mol. The van der Waals surface area contributed by atoms with Crippen LogP contribution >= 0.6 is 0 Å². The molecule has 0 aliphatic carbocycles. The molecule has 6 rings (SSSR count). The molecule has 5 heterocycles. The highest BCUT2D eigenvalue weighted by Gasteiger charge is 2.59. The van der Waals surface area contributed by atoms with E-state index in [1.54, 1.807) is 0 Å². The van der Waals surface area contributed by atoms with E-state index in [4.69, 9.17) is 15.7 Å². The Labute approximate surface area is 208 Å². The molecular weight excluding hydrogens is 434 g/mol. The number of piperazine rings is 1. The number of fused-ring (bicyclic) bond motifs is 3. The van der Waals surface area contributed by atoms with Crippen LogP contribution in [0.2, 0.25) is 0 Å². The molecular formula is C28H36N7+. The summed E-state index contributed by atoms with van der Waals surface area (Å²) in [4.78, 5) is 12.2. The van der Waals surface area contributed by atoms with Gasteiger partial charge in [-0.1, -0.05) is 38.1 Å². The molecule has 0 spiro atoms. The van der Waals surface area contributed by atoms with E-state index in [0.717, 1.165) is 41.3 Å². The van der Waals surface area contributed by atoms with E-state index >= 15 is 0 Å². The van der Waals surface area contributed by atoms with E-state index < -0.39 is 0 Å². The first-order chi connectivity index (χ1) is 16.9. The highest BCUT2D eigenvalue weighted by Crippen LogP contribution is 2.43. The molecule has 0 amide bonds. The number of amidine groups is 1. The average Bonchev–Trinajstić information content (AvgIpc) is 3.60. The fourth-order valence-electron chi connectivity index (χ4n) is 6.55. The van der Waals surface area contributed by atoms with Crippen molar-refractivity contribution in [3.05, 3.63) is 72.2 Å². The first-order valence-corrected chi connectivity index (χ1v) is 12.8. The van der Waals surface area contributed by atoms with Crippen LogP contribution < -0.4 is 11.1 Å². The summed E-state index contributed by atoms with van der Waals surface area (Å²) in [5.74, 6) is 1.54. The Morgan fingerprint density at radius 2 is 1.86 bits per heavy atom. The van der Waals surface area contributed by atoms with Gasteiger partial charge >= 0.3 is 0 Å². The van der Waals surface area contributed by atoms with Gasteiger partial charge in [0.1, 0.15) is 6.20 Å². The van der Waals surface area contributed by atoms with Crippen LogP contribution in [-0.2, 0) is 0 Å². The lowest BCUT2D eigenvalue weighted by atomic mass is 10.00. The molecule has 7 heteroatoms. The number of nitrogens with one attached hydrogen (secondary N) is 1. The number of nitrogens with zero attached hydrogens (tertiary/aromatic N) is 5. The minimum absolute atomic E-state index is 0.0348. The van der Waals surface area contributed by atoms with Gasteiger partial charge < -0.3 is 16.0 Å².